The van der Waals surface area contributed by atoms with E-state index in [0.717, 1.165) is 60.0 Å². The van der Waals surface area contributed by atoms with E-state index in [4.69, 9.17) is 9.97 Å². The molecule has 2 saturated heterocycles. The Morgan fingerprint density at radius 3 is 2.65 bits per heavy atom. The Bertz CT molecular complexity index is 1320. The van der Waals surface area contributed by atoms with Crippen LogP contribution in [0.1, 0.15) is 49.1 Å². The number of hydrogen-bond acceptors (Lipinski definition) is 8. The van der Waals surface area contributed by atoms with Crippen LogP contribution >= 0.6 is 11.3 Å². The molecule has 198 valence electrons. The van der Waals surface area contributed by atoms with Crippen LogP contribution in [0.4, 0.5) is 24.9 Å². The monoisotopic (exact) mass is 534 g/mol. The summed E-state index contributed by atoms with van der Waals surface area (Å²) in [6, 6.07) is 2.10. The summed E-state index contributed by atoms with van der Waals surface area (Å²) in [5.74, 6) is 0.756. The molecule has 6 heterocycles. The van der Waals surface area contributed by atoms with Crippen LogP contribution in [-0.4, -0.2) is 68.3 Å². The molecule has 3 aliphatic heterocycles. The third-order valence-electron chi connectivity index (χ3n) is 7.45. The predicted octanol–water partition coefficient (Wildman–Crippen LogP) is 3.72. The second kappa shape index (κ2) is 9.41. The molecule has 1 amide bonds. The third kappa shape index (κ3) is 4.51. The van der Waals surface area contributed by atoms with Crippen molar-refractivity contribution in [2.24, 2.45) is 5.92 Å². The van der Waals surface area contributed by atoms with Gasteiger partial charge in [0.15, 0.2) is 5.82 Å². The predicted molar refractivity (Wildman–Crippen MR) is 134 cm³/mol. The van der Waals surface area contributed by atoms with Crippen LogP contribution in [0.3, 0.4) is 0 Å². The van der Waals surface area contributed by atoms with Crippen LogP contribution in [0, 0.1) is 5.92 Å². The number of rotatable bonds is 5. The van der Waals surface area contributed by atoms with Gasteiger partial charge >= 0.3 is 6.18 Å². The topological polar surface area (TPSA) is 83.3 Å². The zero-order valence-corrected chi connectivity index (χ0v) is 21.5. The van der Waals surface area contributed by atoms with Crippen molar-refractivity contribution in [2.75, 3.05) is 42.5 Å². The van der Waals surface area contributed by atoms with E-state index >= 15 is 0 Å². The Hall–Kier alpha value is -2.96. The van der Waals surface area contributed by atoms with Gasteiger partial charge in [0.25, 0.3) is 0 Å². The van der Waals surface area contributed by atoms with Crippen molar-refractivity contribution >= 4 is 39.2 Å². The molecule has 3 aromatic rings. The van der Waals surface area contributed by atoms with E-state index in [9.17, 15) is 18.0 Å². The van der Waals surface area contributed by atoms with Crippen molar-refractivity contribution in [3.63, 3.8) is 0 Å². The minimum atomic E-state index is -4.54. The lowest BCUT2D eigenvalue weighted by Crippen LogP contribution is -2.37. The summed E-state index contributed by atoms with van der Waals surface area (Å²) in [7, 11) is 0. The van der Waals surface area contributed by atoms with Gasteiger partial charge in [0.2, 0.25) is 17.7 Å². The van der Waals surface area contributed by atoms with Crippen LogP contribution < -0.4 is 9.80 Å². The van der Waals surface area contributed by atoms with Crippen LogP contribution in [0.25, 0.3) is 10.2 Å². The Morgan fingerprint density at radius 1 is 1.08 bits per heavy atom. The summed E-state index contributed by atoms with van der Waals surface area (Å²) in [6.45, 7) is 5.75. The fourth-order valence-electron chi connectivity index (χ4n) is 5.58. The summed E-state index contributed by atoms with van der Waals surface area (Å²) in [4.78, 5) is 30.9. The largest absolute Gasteiger partial charge is 0.451 e. The summed E-state index contributed by atoms with van der Waals surface area (Å²) in [5, 5.41) is 8.16. The quantitative estimate of drug-likeness (QED) is 0.493. The highest BCUT2D eigenvalue weighted by Crippen LogP contribution is 2.37. The zero-order chi connectivity index (χ0) is 25.7. The minimum absolute atomic E-state index is 0.0610. The van der Waals surface area contributed by atoms with Gasteiger partial charge in [0, 0.05) is 44.1 Å². The van der Waals surface area contributed by atoms with Crippen molar-refractivity contribution in [3.8, 4) is 0 Å². The highest BCUT2D eigenvalue weighted by Gasteiger charge is 2.40. The van der Waals surface area contributed by atoms with E-state index in [1.54, 1.807) is 11.3 Å². The fourth-order valence-corrected chi connectivity index (χ4v) is 6.70. The molecule has 0 radical (unpaired) electrons. The number of likely N-dealkylation sites (tertiary alicyclic amines) is 1. The lowest BCUT2D eigenvalue weighted by Gasteiger charge is -2.30. The number of aryl methyl sites for hydroxylation is 1. The summed E-state index contributed by atoms with van der Waals surface area (Å²) < 4.78 is 41.2. The maximum Gasteiger partial charge on any atom is 0.451 e. The smallest absolute Gasteiger partial charge is 0.347 e. The molecule has 0 spiro atoms. The van der Waals surface area contributed by atoms with Gasteiger partial charge in [-0.1, -0.05) is 13.3 Å². The van der Waals surface area contributed by atoms with Crippen molar-refractivity contribution < 1.29 is 18.0 Å². The number of anilines is 2. The van der Waals surface area contributed by atoms with Gasteiger partial charge in [0.05, 0.1) is 17.8 Å². The molecular weight excluding hydrogens is 505 g/mol. The molecule has 6 rings (SSSR count). The molecule has 0 saturated carbocycles. The SMILES string of the molecule is CCCc1cc2c(N3CCn4c(nnc4C(F)(F)F)C3)nc(N3CCC(C(=O)N4CCCC4)C3)nc2s1. The molecule has 9 nitrogen and oxygen atoms in total. The van der Waals surface area contributed by atoms with E-state index in [1.165, 1.54) is 4.88 Å². The normalized spacial score (nSPS) is 20.3. The highest BCUT2D eigenvalue weighted by atomic mass is 32.1. The average Bonchev–Trinajstić information content (AvgIpc) is 3.67. The van der Waals surface area contributed by atoms with Crippen molar-refractivity contribution in [3.05, 3.63) is 22.6 Å². The molecule has 0 aliphatic carbocycles. The highest BCUT2D eigenvalue weighted by molar-refractivity contribution is 7.18. The van der Waals surface area contributed by atoms with E-state index in [0.29, 0.717) is 31.4 Å². The fraction of sp³-hybridized carbons (Fsp3) is 0.625. The Kier molecular flexibility index (Phi) is 6.20. The minimum Gasteiger partial charge on any atom is -0.347 e. The van der Waals surface area contributed by atoms with Crippen molar-refractivity contribution in [1.29, 1.82) is 0 Å². The molecule has 0 aromatic carbocycles. The van der Waals surface area contributed by atoms with Gasteiger partial charge in [-0.3, -0.25) is 4.79 Å². The van der Waals surface area contributed by atoms with Crippen LogP contribution in [0.2, 0.25) is 0 Å². The molecule has 0 N–H and O–H groups in total. The molecule has 3 aromatic heterocycles. The second-order valence-electron chi connectivity index (χ2n) is 10.0. The lowest BCUT2D eigenvalue weighted by atomic mass is 10.1. The molecular formula is C24H29F3N8OS. The number of fused-ring (bicyclic) bond motifs is 2. The maximum atomic E-state index is 13.3. The number of hydrogen-bond donors (Lipinski definition) is 0. The molecule has 3 aliphatic rings. The van der Waals surface area contributed by atoms with E-state index in [2.05, 4.69) is 28.1 Å². The Morgan fingerprint density at radius 2 is 1.89 bits per heavy atom. The van der Waals surface area contributed by atoms with Crippen molar-refractivity contribution in [1.82, 2.24) is 29.6 Å². The first-order chi connectivity index (χ1) is 17.8. The molecule has 2 fully saturated rings. The second-order valence-corrected chi connectivity index (χ2v) is 11.1. The summed E-state index contributed by atoms with van der Waals surface area (Å²) in [5.41, 5.74) is 0. The molecule has 37 heavy (non-hydrogen) atoms. The number of thiophene rings is 1. The number of alkyl halides is 3. The van der Waals surface area contributed by atoms with Gasteiger partial charge in [-0.05, 0) is 31.7 Å². The molecule has 1 unspecified atom stereocenters. The lowest BCUT2D eigenvalue weighted by molar-refractivity contribution is -0.147. The first kappa shape index (κ1) is 24.4. The number of amides is 1. The van der Waals surface area contributed by atoms with Gasteiger partial charge in [-0.25, -0.2) is 4.98 Å². The third-order valence-corrected chi connectivity index (χ3v) is 8.54. The van der Waals surface area contributed by atoms with Gasteiger partial charge in [-0.15, -0.1) is 21.5 Å². The molecule has 0 bridgehead atoms. The molecule has 13 heteroatoms. The number of aromatic nitrogens is 5. The number of carbonyl (C=O) groups is 1. The maximum absolute atomic E-state index is 13.3. The Labute approximate surface area is 216 Å². The van der Waals surface area contributed by atoms with Crippen LogP contribution in [-0.2, 0) is 30.5 Å². The van der Waals surface area contributed by atoms with Crippen LogP contribution in [0.5, 0.6) is 0 Å². The first-order valence-corrected chi connectivity index (χ1v) is 13.7. The van der Waals surface area contributed by atoms with E-state index in [-0.39, 0.29) is 30.7 Å². The van der Waals surface area contributed by atoms with Crippen molar-refractivity contribution in [2.45, 2.75) is 58.3 Å². The Balaban J connectivity index is 1.31. The number of carbonyl (C=O) groups excluding carboxylic acids is 1. The summed E-state index contributed by atoms with van der Waals surface area (Å²) in [6.07, 6.45) is 0.293. The van der Waals surface area contributed by atoms with Gasteiger partial charge in [0.1, 0.15) is 10.6 Å². The van der Waals surface area contributed by atoms with E-state index < -0.39 is 12.0 Å². The number of halogens is 3. The molecule has 1 atom stereocenters. The van der Waals surface area contributed by atoms with E-state index in [1.807, 2.05) is 9.80 Å². The first-order valence-electron chi connectivity index (χ1n) is 12.9. The standard InChI is InChI=1S/C24H29F3N8OS/c1-2-5-16-12-17-19(33-10-11-35-18(14-33)30-31-22(35)24(25,26)27)28-23(29-20(17)37-16)34-9-6-15(13-34)21(36)32-7-3-4-8-32/h12,15H,2-11,13-14H2,1H3. The average molecular weight is 535 g/mol. The van der Waals surface area contributed by atoms with Gasteiger partial charge in [-0.2, -0.15) is 18.2 Å². The zero-order valence-electron chi connectivity index (χ0n) is 20.7. The van der Waals surface area contributed by atoms with Crippen LogP contribution in [0.15, 0.2) is 6.07 Å². The summed E-state index contributed by atoms with van der Waals surface area (Å²) >= 11 is 1.63. The number of nitrogens with zero attached hydrogens (tertiary/aromatic N) is 8. The van der Waals surface area contributed by atoms with Gasteiger partial charge < -0.3 is 19.3 Å².